The number of hydrogen-bond acceptors (Lipinski definition) is 3. The van der Waals surface area contributed by atoms with E-state index in [1.54, 1.807) is 0 Å². The first-order chi connectivity index (χ1) is 9.74. The van der Waals surface area contributed by atoms with E-state index in [-0.39, 0.29) is 0 Å². The van der Waals surface area contributed by atoms with Gasteiger partial charge in [0.2, 0.25) is 0 Å². The van der Waals surface area contributed by atoms with E-state index in [0.29, 0.717) is 0 Å². The molecular formula is C17H22N2S. The molecule has 2 nitrogen and oxygen atoms in total. The average molecular weight is 286 g/mol. The third kappa shape index (κ3) is 2.83. The van der Waals surface area contributed by atoms with Crippen LogP contribution in [-0.4, -0.2) is 13.1 Å². The summed E-state index contributed by atoms with van der Waals surface area (Å²) in [6.45, 7) is 7.69. The van der Waals surface area contributed by atoms with Crippen molar-refractivity contribution in [1.29, 1.82) is 0 Å². The lowest BCUT2D eigenvalue weighted by atomic mass is 10.2. The normalized spacial score (nSPS) is 14.8. The summed E-state index contributed by atoms with van der Waals surface area (Å²) in [4.78, 5) is 5.31. The van der Waals surface area contributed by atoms with E-state index in [1.165, 1.54) is 52.6 Å². The maximum atomic E-state index is 3.63. The second-order valence-electron chi connectivity index (χ2n) is 5.50. The van der Waals surface area contributed by atoms with Crippen molar-refractivity contribution in [2.45, 2.75) is 33.2 Å². The lowest BCUT2D eigenvalue weighted by Gasteiger charge is -2.22. The number of para-hydroxylation sites is 2. The lowest BCUT2D eigenvalue weighted by Crippen LogP contribution is -2.19. The van der Waals surface area contributed by atoms with Gasteiger partial charge in [0.1, 0.15) is 0 Å². The fourth-order valence-electron chi connectivity index (χ4n) is 2.91. The van der Waals surface area contributed by atoms with Crippen LogP contribution in [0.5, 0.6) is 0 Å². The van der Waals surface area contributed by atoms with Gasteiger partial charge in [0.05, 0.1) is 11.4 Å². The minimum atomic E-state index is 0.918. The predicted molar refractivity (Wildman–Crippen MR) is 89.0 cm³/mol. The molecule has 1 N–H and O–H groups in total. The molecular weight excluding hydrogens is 264 g/mol. The molecule has 20 heavy (non-hydrogen) atoms. The van der Waals surface area contributed by atoms with Crippen molar-refractivity contribution < 1.29 is 0 Å². The van der Waals surface area contributed by atoms with Gasteiger partial charge in [0.25, 0.3) is 0 Å². The van der Waals surface area contributed by atoms with Gasteiger partial charge in [-0.25, -0.2) is 0 Å². The van der Waals surface area contributed by atoms with Gasteiger partial charge in [-0.3, -0.25) is 0 Å². The van der Waals surface area contributed by atoms with Crippen LogP contribution < -0.4 is 10.2 Å². The molecule has 1 aliphatic heterocycles. The van der Waals surface area contributed by atoms with Crippen LogP contribution in [0, 0.1) is 13.8 Å². The van der Waals surface area contributed by atoms with Crippen LogP contribution >= 0.6 is 11.3 Å². The van der Waals surface area contributed by atoms with Gasteiger partial charge in [-0.05, 0) is 50.5 Å². The monoisotopic (exact) mass is 286 g/mol. The fourth-order valence-corrected chi connectivity index (χ4v) is 3.85. The maximum absolute atomic E-state index is 3.63. The maximum Gasteiger partial charge on any atom is 0.0602 e. The first kappa shape index (κ1) is 13.5. The van der Waals surface area contributed by atoms with Crippen LogP contribution in [0.3, 0.4) is 0 Å². The minimum absolute atomic E-state index is 0.918. The van der Waals surface area contributed by atoms with Gasteiger partial charge in [-0.15, -0.1) is 11.3 Å². The topological polar surface area (TPSA) is 15.3 Å². The Morgan fingerprint density at radius 1 is 1.15 bits per heavy atom. The fraction of sp³-hybridized carbons (Fsp3) is 0.412. The van der Waals surface area contributed by atoms with Gasteiger partial charge in [-0.2, -0.15) is 0 Å². The van der Waals surface area contributed by atoms with E-state index >= 15 is 0 Å². The Bertz CT molecular complexity index is 582. The summed E-state index contributed by atoms with van der Waals surface area (Å²) in [5, 5.41) is 3.63. The number of rotatable bonds is 4. The molecule has 0 spiro atoms. The zero-order valence-corrected chi connectivity index (χ0v) is 13.1. The third-order valence-corrected chi connectivity index (χ3v) is 4.97. The second kappa shape index (κ2) is 5.88. The molecule has 0 unspecified atom stereocenters. The third-order valence-electron chi connectivity index (χ3n) is 3.96. The Morgan fingerprint density at radius 2 is 1.90 bits per heavy atom. The molecule has 2 heterocycles. The molecule has 1 aliphatic rings. The van der Waals surface area contributed by atoms with Gasteiger partial charge in [0.15, 0.2) is 0 Å². The zero-order chi connectivity index (χ0) is 13.9. The SMILES string of the molecule is Cc1cc(CNc2ccccc2N2CCCC2)c(C)s1. The number of nitrogens with zero attached hydrogens (tertiary/aromatic N) is 1. The highest BCUT2D eigenvalue weighted by Crippen LogP contribution is 2.29. The van der Waals surface area contributed by atoms with Crippen LogP contribution in [0.4, 0.5) is 11.4 Å². The van der Waals surface area contributed by atoms with Crippen LogP contribution in [-0.2, 0) is 6.54 Å². The number of benzene rings is 1. The number of aryl methyl sites for hydroxylation is 2. The molecule has 1 fully saturated rings. The number of thiophene rings is 1. The van der Waals surface area contributed by atoms with Gasteiger partial charge in [-0.1, -0.05) is 12.1 Å². The molecule has 0 radical (unpaired) electrons. The summed E-state index contributed by atoms with van der Waals surface area (Å²) in [6, 6.07) is 11.0. The summed E-state index contributed by atoms with van der Waals surface area (Å²) in [6.07, 6.45) is 2.63. The largest absolute Gasteiger partial charge is 0.379 e. The zero-order valence-electron chi connectivity index (χ0n) is 12.3. The molecule has 0 amide bonds. The summed E-state index contributed by atoms with van der Waals surface area (Å²) >= 11 is 1.88. The van der Waals surface area contributed by atoms with Crippen molar-refractivity contribution in [3.8, 4) is 0 Å². The van der Waals surface area contributed by atoms with Gasteiger partial charge in [0, 0.05) is 29.4 Å². The minimum Gasteiger partial charge on any atom is -0.379 e. The Hall–Kier alpha value is -1.48. The molecule has 2 aromatic rings. The van der Waals surface area contributed by atoms with Gasteiger partial charge < -0.3 is 10.2 Å². The van der Waals surface area contributed by atoms with E-state index in [4.69, 9.17) is 0 Å². The highest BCUT2D eigenvalue weighted by molar-refractivity contribution is 7.12. The van der Waals surface area contributed by atoms with E-state index in [0.717, 1.165) is 6.54 Å². The molecule has 0 bridgehead atoms. The first-order valence-corrected chi connectivity index (χ1v) is 8.19. The van der Waals surface area contributed by atoms with E-state index in [2.05, 4.69) is 54.4 Å². The number of hydrogen-bond donors (Lipinski definition) is 1. The Morgan fingerprint density at radius 3 is 2.60 bits per heavy atom. The summed E-state index contributed by atoms with van der Waals surface area (Å²) in [5.41, 5.74) is 4.04. The van der Waals surface area contributed by atoms with Crippen LogP contribution in [0.2, 0.25) is 0 Å². The molecule has 3 rings (SSSR count). The summed E-state index contributed by atoms with van der Waals surface area (Å²) in [5.74, 6) is 0. The average Bonchev–Trinajstić information content (AvgIpc) is 3.07. The molecule has 106 valence electrons. The van der Waals surface area contributed by atoms with Crippen molar-refractivity contribution in [3.05, 3.63) is 45.6 Å². The first-order valence-electron chi connectivity index (χ1n) is 7.38. The standard InChI is InChI=1S/C17H22N2S/c1-13-11-15(14(2)20-13)12-18-16-7-3-4-8-17(16)19-9-5-6-10-19/h3-4,7-8,11,18H,5-6,9-10,12H2,1-2H3. The van der Waals surface area contributed by atoms with Crippen LogP contribution in [0.1, 0.15) is 28.2 Å². The predicted octanol–water partition coefficient (Wildman–Crippen LogP) is 4.58. The van der Waals surface area contributed by atoms with E-state index in [1.807, 2.05) is 11.3 Å². The molecule has 1 aromatic carbocycles. The molecule has 0 aliphatic carbocycles. The van der Waals surface area contributed by atoms with Crippen molar-refractivity contribution in [1.82, 2.24) is 0 Å². The summed E-state index contributed by atoms with van der Waals surface area (Å²) < 4.78 is 0. The Labute approximate surface area is 125 Å². The number of nitrogens with one attached hydrogen (secondary N) is 1. The molecule has 1 aromatic heterocycles. The highest BCUT2D eigenvalue weighted by Gasteiger charge is 2.15. The lowest BCUT2D eigenvalue weighted by molar-refractivity contribution is 0.949. The quantitative estimate of drug-likeness (QED) is 0.885. The van der Waals surface area contributed by atoms with Gasteiger partial charge >= 0.3 is 0 Å². The van der Waals surface area contributed by atoms with Crippen LogP contribution in [0.25, 0.3) is 0 Å². The van der Waals surface area contributed by atoms with Crippen molar-refractivity contribution in [2.75, 3.05) is 23.3 Å². The smallest absolute Gasteiger partial charge is 0.0602 e. The molecule has 0 saturated carbocycles. The van der Waals surface area contributed by atoms with Crippen molar-refractivity contribution in [3.63, 3.8) is 0 Å². The van der Waals surface area contributed by atoms with E-state index in [9.17, 15) is 0 Å². The van der Waals surface area contributed by atoms with Crippen molar-refractivity contribution in [2.24, 2.45) is 0 Å². The number of anilines is 2. The summed E-state index contributed by atoms with van der Waals surface area (Å²) in [7, 11) is 0. The van der Waals surface area contributed by atoms with Crippen LogP contribution in [0.15, 0.2) is 30.3 Å². The molecule has 0 atom stereocenters. The van der Waals surface area contributed by atoms with Crippen molar-refractivity contribution >= 4 is 22.7 Å². The Balaban J connectivity index is 1.75. The van der Waals surface area contributed by atoms with E-state index < -0.39 is 0 Å². The molecule has 1 saturated heterocycles. The molecule has 3 heteroatoms. The highest BCUT2D eigenvalue weighted by atomic mass is 32.1. The Kier molecular flexibility index (Phi) is 3.97. The second-order valence-corrected chi connectivity index (χ2v) is 6.96.